The maximum atomic E-state index is 13.7. The molecule has 0 radical (unpaired) electrons. The van der Waals surface area contributed by atoms with Crippen molar-refractivity contribution in [3.63, 3.8) is 0 Å². The van der Waals surface area contributed by atoms with Gasteiger partial charge >= 0.3 is 0 Å². The van der Waals surface area contributed by atoms with E-state index in [-0.39, 0.29) is 93.3 Å². The van der Waals surface area contributed by atoms with Crippen LogP contribution in [0, 0.1) is 0 Å². The van der Waals surface area contributed by atoms with Gasteiger partial charge < -0.3 is 58.3 Å². The van der Waals surface area contributed by atoms with Gasteiger partial charge in [-0.1, -0.05) is 53.7 Å². The molecule has 0 bridgehead atoms. The maximum absolute atomic E-state index is 13.7. The van der Waals surface area contributed by atoms with Crippen LogP contribution >= 0.6 is 0 Å². The Morgan fingerprint density at radius 3 is 1.14 bits per heavy atom. The number of Topliss-reactive ketones (excluding diaryl/α,β-unsaturated/α-hetero) is 2. The number of hydrogen-bond donors (Lipinski definition) is 13. The predicted molar refractivity (Wildman–Crippen MR) is 372 cm³/mol. The molecule has 0 unspecified atom stereocenters. The zero-order valence-corrected chi connectivity index (χ0v) is 55.6. The molecule has 0 spiro atoms. The largest absolute Gasteiger partial charge is 0.399 e. The number of rotatable bonds is 25. The SMILES string of the molecule is CCN(CC)CCO.CCN(CC)CCO.CCN(CC)CCO.Nc1ccc(N=Nc2ccc3c(c2)C(=O)/C(=N/Nc2ccc(Nc4ccc(N/N=C5/C(=O)c6cc(N=Nc7ccc(N)cc7N)ccc6C=C5S(=O)(=O)O)cc4S(=O)(=O)O)cc2)C(S(=O)(=O)O)=C3)c(N)c1. The molecule has 6 aromatic rings. The normalized spacial score (nSPS) is 14.0. The average molecular weight is 1370 g/mol. The van der Waals surface area contributed by atoms with Crippen LogP contribution in [0.2, 0.25) is 0 Å². The summed E-state index contributed by atoms with van der Waals surface area (Å²) in [6.07, 6.45) is 2.07. The molecule has 0 aromatic heterocycles. The number of nitrogens with zero attached hydrogens (tertiary/aromatic N) is 9. The predicted octanol–water partition coefficient (Wildman–Crippen LogP) is 8.58. The molecule has 33 heteroatoms. The van der Waals surface area contributed by atoms with Crippen LogP contribution in [0.15, 0.2) is 161 Å². The molecular formula is C62H80N16O14S3. The molecule has 0 saturated heterocycles. The van der Waals surface area contributed by atoms with Gasteiger partial charge in [-0.25, -0.2) is 0 Å². The van der Waals surface area contributed by atoms with E-state index in [1.807, 2.05) is 0 Å². The van der Waals surface area contributed by atoms with E-state index in [1.165, 1.54) is 91.0 Å². The van der Waals surface area contributed by atoms with Gasteiger partial charge in [0.15, 0.2) is 11.4 Å². The first-order valence-corrected chi connectivity index (χ1v) is 33.9. The van der Waals surface area contributed by atoms with Gasteiger partial charge in [0.1, 0.15) is 26.1 Å². The summed E-state index contributed by atoms with van der Waals surface area (Å²) in [5.74, 6) is -1.85. The van der Waals surface area contributed by atoms with E-state index < -0.39 is 68.0 Å². The van der Waals surface area contributed by atoms with Crippen LogP contribution in [0.4, 0.5) is 68.2 Å². The van der Waals surface area contributed by atoms with Gasteiger partial charge in [0.25, 0.3) is 30.4 Å². The number of aliphatic hydroxyl groups excluding tert-OH is 3. The van der Waals surface area contributed by atoms with Crippen molar-refractivity contribution in [1.82, 2.24) is 14.7 Å². The van der Waals surface area contributed by atoms with Gasteiger partial charge in [-0.15, -0.1) is 10.2 Å². The topological polar surface area (TPSA) is 482 Å². The van der Waals surface area contributed by atoms with Crippen molar-refractivity contribution >= 4 is 134 Å². The molecule has 95 heavy (non-hydrogen) atoms. The molecule has 0 heterocycles. The molecule has 6 aromatic carbocycles. The third-order valence-electron chi connectivity index (χ3n) is 14.2. The third-order valence-corrected chi connectivity index (χ3v) is 16.8. The quantitative estimate of drug-likeness (QED) is 0.0110. The lowest BCUT2D eigenvalue weighted by Crippen LogP contribution is -2.27. The second-order valence-electron chi connectivity index (χ2n) is 20.5. The summed E-state index contributed by atoms with van der Waals surface area (Å²) in [7, 11) is -15.0. The highest BCUT2D eigenvalue weighted by molar-refractivity contribution is 7.91. The number of hydrazone groups is 2. The van der Waals surface area contributed by atoms with Gasteiger partial charge in [0.05, 0.1) is 59.6 Å². The van der Waals surface area contributed by atoms with Crippen LogP contribution in [0.1, 0.15) is 73.4 Å². The fourth-order valence-corrected chi connectivity index (χ4v) is 10.9. The van der Waals surface area contributed by atoms with Crippen LogP contribution in [0.25, 0.3) is 12.2 Å². The summed E-state index contributed by atoms with van der Waals surface area (Å²) in [6.45, 7) is 22.1. The Balaban J connectivity index is 0.000000576. The highest BCUT2D eigenvalue weighted by atomic mass is 32.2. The van der Waals surface area contributed by atoms with E-state index in [0.717, 1.165) is 77.1 Å². The smallest absolute Gasteiger partial charge is 0.296 e. The van der Waals surface area contributed by atoms with Crippen molar-refractivity contribution in [3.8, 4) is 0 Å². The fourth-order valence-electron chi connectivity index (χ4n) is 8.89. The van der Waals surface area contributed by atoms with Gasteiger partial charge in [0, 0.05) is 47.8 Å². The minimum absolute atomic E-state index is 0.00742. The minimum atomic E-state index is -5.06. The monoisotopic (exact) mass is 1370 g/mol. The number of anilines is 8. The highest BCUT2D eigenvalue weighted by Crippen LogP contribution is 2.35. The standard InChI is InChI=1S/C44H35N13O11S3.3C6H15NO/c45-24-3-12-35(33(47)17-24)54-51-28-5-1-22-15-39(70(63,64)65)41(43(58)31(22)19-28)56-50-27-9-7-26(8-10-27)49-37-14-11-30(21-38(37)69(60,61)62)53-57-42-40(71(66,67)68)16-23-2-6-29(20-32(23)44(42)59)52-55-36-13-4-25(46)18-34(36)48;3*1-3-7(4-2)5-6-8/h1-21,49-50,53H,45-48H2,(H,60,61,62)(H,63,64,65)(H,66,67,68);3*8H,3-6H2,1-2H3/b54-51?,55-52?,56-41+,57-42+;;;. The lowest BCUT2D eigenvalue weighted by Gasteiger charge is -2.17. The Kier molecular flexibility index (Phi) is 28.9. The number of likely N-dealkylation sites (N-methyl/N-ethyl adjacent to an activating group) is 3. The van der Waals surface area contributed by atoms with Crippen LogP contribution in [-0.2, 0) is 30.4 Å². The van der Waals surface area contributed by atoms with Crippen molar-refractivity contribution < 1.29 is 63.8 Å². The fraction of sp³-hybridized carbons (Fsp3) is 0.290. The van der Waals surface area contributed by atoms with E-state index in [0.29, 0.717) is 17.1 Å². The van der Waals surface area contributed by atoms with Crippen LogP contribution in [-0.4, -0.2) is 171 Å². The van der Waals surface area contributed by atoms with Crippen LogP contribution in [0.3, 0.4) is 0 Å². The number of azo groups is 2. The Hall–Kier alpha value is -9.23. The second kappa shape index (κ2) is 35.9. The highest BCUT2D eigenvalue weighted by Gasteiger charge is 2.35. The average Bonchev–Trinajstić information content (AvgIpc) is 0.779. The molecule has 0 amide bonds. The molecule has 0 fully saturated rings. The van der Waals surface area contributed by atoms with Gasteiger partial charge in [0.2, 0.25) is 11.6 Å². The van der Waals surface area contributed by atoms with E-state index in [2.05, 4.69) is 103 Å². The number of aliphatic hydroxyl groups is 3. The molecule has 2 aliphatic rings. The van der Waals surface area contributed by atoms with Crippen molar-refractivity contribution in [3.05, 3.63) is 147 Å². The number of fused-ring (bicyclic) bond motifs is 2. The maximum Gasteiger partial charge on any atom is 0.296 e. The molecule has 8 rings (SSSR count). The summed E-state index contributed by atoms with van der Waals surface area (Å²) < 4.78 is 105. The molecule has 0 aliphatic heterocycles. The Bertz CT molecular complexity index is 4180. The number of nitrogen functional groups attached to an aromatic ring is 4. The number of nitrogens with one attached hydrogen (secondary N) is 3. The van der Waals surface area contributed by atoms with Crippen LogP contribution < -0.4 is 39.1 Å². The Labute approximate surface area is 551 Å². The Morgan fingerprint density at radius 2 is 0.800 bits per heavy atom. The number of ketones is 2. The Morgan fingerprint density at radius 1 is 0.432 bits per heavy atom. The molecule has 510 valence electrons. The van der Waals surface area contributed by atoms with Gasteiger partial charge in [-0.2, -0.15) is 45.7 Å². The molecule has 0 saturated carbocycles. The first kappa shape index (κ1) is 76.5. The summed E-state index contributed by atoms with van der Waals surface area (Å²) in [5.41, 5.74) is 29.4. The van der Waals surface area contributed by atoms with E-state index in [4.69, 9.17) is 38.3 Å². The molecular weight excluding hydrogens is 1290 g/mol. The number of benzene rings is 6. The number of nitrogens with two attached hydrogens (primary N) is 4. The number of carbonyl (C=O) groups excluding carboxylic acids is 2. The van der Waals surface area contributed by atoms with E-state index in [1.54, 1.807) is 18.2 Å². The van der Waals surface area contributed by atoms with Gasteiger partial charge in [-0.3, -0.25) is 34.1 Å². The summed E-state index contributed by atoms with van der Waals surface area (Å²) >= 11 is 0. The van der Waals surface area contributed by atoms with Crippen molar-refractivity contribution in [2.45, 2.75) is 46.4 Å². The molecule has 17 N–H and O–H groups in total. The van der Waals surface area contributed by atoms with Crippen LogP contribution in [0.5, 0.6) is 0 Å². The molecule has 2 aliphatic carbocycles. The molecule has 0 atom stereocenters. The first-order chi connectivity index (χ1) is 45.0. The van der Waals surface area contributed by atoms with Crippen molar-refractivity contribution in [1.29, 1.82) is 0 Å². The number of carbonyl (C=O) groups is 2. The number of hydrogen-bond acceptors (Lipinski definition) is 27. The summed E-state index contributed by atoms with van der Waals surface area (Å²) in [4.78, 5) is 31.6. The summed E-state index contributed by atoms with van der Waals surface area (Å²) in [6, 6.07) is 26.6. The van der Waals surface area contributed by atoms with E-state index >= 15 is 0 Å². The summed E-state index contributed by atoms with van der Waals surface area (Å²) in [5, 5.41) is 52.5. The first-order valence-electron chi connectivity index (χ1n) is 29.6. The van der Waals surface area contributed by atoms with Crippen molar-refractivity contribution in [2.24, 2.45) is 30.7 Å². The molecule has 30 nitrogen and oxygen atoms in total. The van der Waals surface area contributed by atoms with Crippen molar-refractivity contribution in [2.75, 3.05) is 118 Å². The van der Waals surface area contributed by atoms with Gasteiger partial charge in [-0.05, 0) is 166 Å². The minimum Gasteiger partial charge on any atom is -0.399 e. The number of allylic oxidation sites excluding steroid dienone is 2. The second-order valence-corrected chi connectivity index (χ2v) is 24.7. The third kappa shape index (κ3) is 22.5. The lowest BCUT2D eigenvalue weighted by atomic mass is 9.94. The van der Waals surface area contributed by atoms with E-state index in [9.17, 15) is 48.5 Å². The lowest BCUT2D eigenvalue weighted by molar-refractivity contribution is 0.105. The zero-order chi connectivity index (χ0) is 70.2. The zero-order valence-electron chi connectivity index (χ0n) is 53.1.